The van der Waals surface area contributed by atoms with Crippen LogP contribution in [0.4, 0.5) is 5.69 Å². The Balaban J connectivity index is 1.43. The summed E-state index contributed by atoms with van der Waals surface area (Å²) in [4.78, 5) is 27.4. The van der Waals surface area contributed by atoms with Crippen LogP contribution in [0.25, 0.3) is 28.5 Å². The smallest absolute Gasteiger partial charge is 0.270 e. The van der Waals surface area contributed by atoms with Gasteiger partial charge in [-0.2, -0.15) is 4.98 Å². The number of rotatable bonds is 9. The first kappa shape index (κ1) is 25.9. The average molecular weight is 563 g/mol. The van der Waals surface area contributed by atoms with Gasteiger partial charge in [0.1, 0.15) is 5.69 Å². The third-order valence-corrected chi connectivity index (χ3v) is 7.30. The number of carbonyl (C=O) groups excluding carboxylic acids is 1. The molecule has 0 saturated carbocycles. The van der Waals surface area contributed by atoms with Gasteiger partial charge in [-0.3, -0.25) is 20.0 Å². The standard InChI is InChI=1S/C24H18N8O5S2/c25-39(36,37)19-11-9-17(10-12-19)31-22(15-5-2-1-3-6-15)21(27-30-31)23-26-24(29-28-23)38-14-20(33)16-7-4-8-18(13-16)32(34)35/h1-13H,14H2,(H2,25,36,37)(H,26,28,29). The summed E-state index contributed by atoms with van der Waals surface area (Å²) in [5, 5.41) is 32.0. The molecule has 0 fully saturated rings. The number of nitro groups is 1. The molecule has 13 nitrogen and oxygen atoms in total. The molecule has 3 aromatic carbocycles. The molecule has 0 saturated heterocycles. The van der Waals surface area contributed by atoms with Crippen LogP contribution >= 0.6 is 11.8 Å². The van der Waals surface area contributed by atoms with Gasteiger partial charge in [-0.25, -0.2) is 18.2 Å². The van der Waals surface area contributed by atoms with Crippen molar-refractivity contribution in [2.24, 2.45) is 5.14 Å². The van der Waals surface area contributed by atoms with Gasteiger partial charge in [-0.1, -0.05) is 59.4 Å². The van der Waals surface area contributed by atoms with Crippen LogP contribution in [-0.2, 0) is 10.0 Å². The monoisotopic (exact) mass is 562 g/mol. The molecule has 0 aliphatic carbocycles. The normalized spacial score (nSPS) is 11.4. The fourth-order valence-electron chi connectivity index (χ4n) is 3.68. The van der Waals surface area contributed by atoms with Gasteiger partial charge in [0.2, 0.25) is 15.2 Å². The number of hydrogen-bond acceptors (Lipinski definition) is 10. The predicted molar refractivity (Wildman–Crippen MR) is 142 cm³/mol. The molecule has 0 atom stereocenters. The number of H-pyrrole nitrogens is 1. The SMILES string of the molecule is NS(=O)(=O)c1ccc(-n2nnc(-c3nc(SCC(=O)c4cccc([N+](=O)[O-])c4)n[nH]3)c2-c2ccccc2)cc1. The number of benzene rings is 3. The van der Waals surface area contributed by atoms with E-state index in [4.69, 9.17) is 5.14 Å². The van der Waals surface area contributed by atoms with Crippen LogP contribution in [0.3, 0.4) is 0 Å². The number of sulfonamides is 1. The molecule has 0 aliphatic rings. The zero-order valence-corrected chi connectivity index (χ0v) is 21.5. The number of thioether (sulfide) groups is 1. The number of aromatic nitrogens is 6. The first-order valence-corrected chi connectivity index (χ1v) is 13.7. The van der Waals surface area contributed by atoms with Crippen molar-refractivity contribution in [2.45, 2.75) is 10.1 Å². The molecule has 2 aromatic heterocycles. The Morgan fingerprint density at radius 3 is 2.49 bits per heavy atom. The van der Waals surface area contributed by atoms with Crippen LogP contribution in [0.15, 0.2) is 88.9 Å². The summed E-state index contributed by atoms with van der Waals surface area (Å²) in [6, 6.07) is 20.7. The van der Waals surface area contributed by atoms with Gasteiger partial charge in [0.15, 0.2) is 17.3 Å². The number of non-ortho nitro benzene ring substituents is 1. The van der Waals surface area contributed by atoms with Crippen LogP contribution < -0.4 is 5.14 Å². The van der Waals surface area contributed by atoms with Gasteiger partial charge in [0, 0.05) is 23.3 Å². The molecule has 0 aliphatic heterocycles. The molecule has 0 bridgehead atoms. The Kier molecular flexibility index (Phi) is 7.02. The summed E-state index contributed by atoms with van der Waals surface area (Å²) >= 11 is 1.07. The molecule has 5 aromatic rings. The zero-order chi connectivity index (χ0) is 27.6. The molecule has 0 radical (unpaired) electrons. The van der Waals surface area contributed by atoms with E-state index < -0.39 is 14.9 Å². The fraction of sp³-hybridized carbons (Fsp3) is 0.0417. The number of ketones is 1. The van der Waals surface area contributed by atoms with E-state index in [9.17, 15) is 23.3 Å². The summed E-state index contributed by atoms with van der Waals surface area (Å²) in [5.41, 5.74) is 2.30. The topological polar surface area (TPSA) is 193 Å². The Hall–Kier alpha value is -4.73. The lowest BCUT2D eigenvalue weighted by Gasteiger charge is -2.08. The maximum absolute atomic E-state index is 12.6. The van der Waals surface area contributed by atoms with Gasteiger partial charge >= 0.3 is 0 Å². The number of Topliss-reactive ketones (excluding diaryl/α,β-unsaturated/α-hetero) is 1. The van der Waals surface area contributed by atoms with Crippen LogP contribution in [-0.4, -0.2) is 55.1 Å². The molecule has 0 unspecified atom stereocenters. The van der Waals surface area contributed by atoms with Crippen molar-refractivity contribution in [3.63, 3.8) is 0 Å². The van der Waals surface area contributed by atoms with Crippen LogP contribution in [0.5, 0.6) is 0 Å². The number of nitro benzene ring substituents is 1. The van der Waals surface area contributed by atoms with Gasteiger partial charge in [0.05, 0.1) is 21.3 Å². The molecular formula is C24H18N8O5S2. The third kappa shape index (κ3) is 5.59. The first-order chi connectivity index (χ1) is 18.7. The van der Waals surface area contributed by atoms with Crippen molar-refractivity contribution in [3.8, 4) is 28.5 Å². The largest absolute Gasteiger partial charge is 0.293 e. The van der Waals surface area contributed by atoms with Gasteiger partial charge in [-0.15, -0.1) is 10.2 Å². The summed E-state index contributed by atoms with van der Waals surface area (Å²) in [7, 11) is -3.86. The number of nitrogens with two attached hydrogens (primary N) is 1. The zero-order valence-electron chi connectivity index (χ0n) is 19.8. The second-order valence-corrected chi connectivity index (χ2v) is 10.6. The predicted octanol–water partition coefficient (Wildman–Crippen LogP) is 3.25. The van der Waals surface area contributed by atoms with Crippen LogP contribution in [0.2, 0.25) is 0 Å². The second-order valence-electron chi connectivity index (χ2n) is 8.09. The molecule has 15 heteroatoms. The second kappa shape index (κ2) is 10.6. The lowest BCUT2D eigenvalue weighted by molar-refractivity contribution is -0.384. The molecule has 39 heavy (non-hydrogen) atoms. The lowest BCUT2D eigenvalue weighted by Crippen LogP contribution is -2.12. The van der Waals surface area contributed by atoms with Crippen molar-refractivity contribution < 1.29 is 18.1 Å². The number of carbonyl (C=O) groups is 1. The van der Waals surface area contributed by atoms with E-state index in [1.54, 1.807) is 16.8 Å². The Labute approximate surface area is 225 Å². The highest BCUT2D eigenvalue weighted by atomic mass is 32.2. The highest BCUT2D eigenvalue weighted by Gasteiger charge is 2.22. The summed E-state index contributed by atoms with van der Waals surface area (Å²) < 4.78 is 24.8. The number of primary sulfonamides is 1. The van der Waals surface area contributed by atoms with Crippen LogP contribution in [0, 0.1) is 10.1 Å². The minimum Gasteiger partial charge on any atom is -0.293 e. The molecule has 196 valence electrons. The van der Waals surface area contributed by atoms with Crippen molar-refractivity contribution in [1.29, 1.82) is 0 Å². The van der Waals surface area contributed by atoms with E-state index in [-0.39, 0.29) is 32.8 Å². The van der Waals surface area contributed by atoms with E-state index >= 15 is 0 Å². The van der Waals surface area contributed by atoms with Gasteiger partial charge in [-0.05, 0) is 24.3 Å². The summed E-state index contributed by atoms with van der Waals surface area (Å²) in [6.07, 6.45) is 0. The number of aromatic amines is 1. The average Bonchev–Trinajstić information content (AvgIpc) is 3.59. The van der Waals surface area contributed by atoms with E-state index in [2.05, 4.69) is 25.5 Å². The maximum atomic E-state index is 12.6. The summed E-state index contributed by atoms with van der Waals surface area (Å²) in [5.74, 6) is -0.0481. The lowest BCUT2D eigenvalue weighted by atomic mass is 10.1. The fourth-order valence-corrected chi connectivity index (χ4v) is 4.89. The minimum absolute atomic E-state index is 0.0346. The van der Waals surface area contributed by atoms with Crippen molar-refractivity contribution in [2.75, 3.05) is 5.75 Å². The first-order valence-electron chi connectivity index (χ1n) is 11.2. The Morgan fingerprint density at radius 2 is 1.79 bits per heavy atom. The van der Waals surface area contributed by atoms with E-state index in [1.165, 1.54) is 36.4 Å². The molecular weight excluding hydrogens is 544 g/mol. The minimum atomic E-state index is -3.86. The molecule has 0 amide bonds. The Morgan fingerprint density at radius 1 is 1.05 bits per heavy atom. The molecule has 0 spiro atoms. The highest BCUT2D eigenvalue weighted by Crippen LogP contribution is 2.31. The molecule has 2 heterocycles. The van der Waals surface area contributed by atoms with E-state index in [0.717, 1.165) is 17.3 Å². The van der Waals surface area contributed by atoms with Gasteiger partial charge in [0.25, 0.3) is 5.69 Å². The summed E-state index contributed by atoms with van der Waals surface area (Å²) in [6.45, 7) is 0. The third-order valence-electron chi connectivity index (χ3n) is 5.53. The van der Waals surface area contributed by atoms with Gasteiger partial charge < -0.3 is 0 Å². The van der Waals surface area contributed by atoms with E-state index in [0.29, 0.717) is 22.9 Å². The quantitative estimate of drug-likeness (QED) is 0.117. The molecule has 5 rings (SSSR count). The van der Waals surface area contributed by atoms with Crippen molar-refractivity contribution >= 4 is 33.3 Å². The Bertz CT molecular complexity index is 1780. The number of nitrogens with one attached hydrogen (secondary N) is 1. The van der Waals surface area contributed by atoms with Crippen molar-refractivity contribution in [1.82, 2.24) is 30.2 Å². The number of nitrogens with zero attached hydrogens (tertiary/aromatic N) is 6. The van der Waals surface area contributed by atoms with Crippen molar-refractivity contribution in [3.05, 3.63) is 94.5 Å². The maximum Gasteiger partial charge on any atom is 0.270 e. The van der Waals surface area contributed by atoms with E-state index in [1.807, 2.05) is 30.3 Å². The number of hydrogen-bond donors (Lipinski definition) is 2. The molecule has 3 N–H and O–H groups in total. The van der Waals surface area contributed by atoms with Crippen LogP contribution in [0.1, 0.15) is 10.4 Å². The highest BCUT2D eigenvalue weighted by molar-refractivity contribution is 7.99.